The summed E-state index contributed by atoms with van der Waals surface area (Å²) >= 11 is 1.34. The Morgan fingerprint density at radius 3 is 2.72 bits per heavy atom. The molecule has 2 aromatic carbocycles. The smallest absolute Gasteiger partial charge is 0.230 e. The van der Waals surface area contributed by atoms with Crippen molar-refractivity contribution in [1.82, 2.24) is 20.1 Å². The summed E-state index contributed by atoms with van der Waals surface area (Å²) in [5.74, 6) is 2.19. The number of rotatable bonds is 12. The van der Waals surface area contributed by atoms with Crippen LogP contribution >= 0.6 is 11.8 Å². The van der Waals surface area contributed by atoms with Gasteiger partial charge in [0, 0.05) is 13.1 Å². The Hall–Kier alpha value is -3.26. The van der Waals surface area contributed by atoms with Gasteiger partial charge >= 0.3 is 0 Å². The highest BCUT2D eigenvalue weighted by Crippen LogP contribution is 2.29. The molecule has 1 amide bonds. The number of hydrogen-bond acceptors (Lipinski definition) is 6. The molecule has 32 heavy (non-hydrogen) atoms. The van der Waals surface area contributed by atoms with Crippen LogP contribution in [0.1, 0.15) is 23.9 Å². The molecule has 1 heterocycles. The van der Waals surface area contributed by atoms with Gasteiger partial charge in [-0.05, 0) is 37.1 Å². The zero-order chi connectivity index (χ0) is 22.8. The van der Waals surface area contributed by atoms with E-state index in [9.17, 15) is 4.79 Å². The summed E-state index contributed by atoms with van der Waals surface area (Å²) in [4.78, 5) is 12.3. The molecule has 7 nitrogen and oxygen atoms in total. The number of thioether (sulfide) groups is 1. The first-order valence-corrected chi connectivity index (χ1v) is 11.4. The van der Waals surface area contributed by atoms with Gasteiger partial charge in [-0.1, -0.05) is 54.2 Å². The topological polar surface area (TPSA) is 78.3 Å². The Labute approximate surface area is 192 Å². The van der Waals surface area contributed by atoms with Crippen molar-refractivity contribution >= 4 is 17.7 Å². The Morgan fingerprint density at radius 2 is 1.97 bits per heavy atom. The molecule has 3 aromatic rings. The zero-order valence-corrected chi connectivity index (χ0v) is 19.2. The van der Waals surface area contributed by atoms with Gasteiger partial charge in [-0.25, -0.2) is 0 Å². The molecule has 0 aliphatic heterocycles. The lowest BCUT2D eigenvalue weighted by molar-refractivity contribution is -0.118. The third-order valence-corrected chi connectivity index (χ3v) is 5.49. The number of carbonyl (C=O) groups excluding carboxylic acids is 1. The minimum atomic E-state index is -0.0641. The Bertz CT molecular complexity index is 1040. The van der Waals surface area contributed by atoms with Crippen molar-refractivity contribution in [3.8, 4) is 11.5 Å². The first-order valence-electron chi connectivity index (χ1n) is 10.4. The Morgan fingerprint density at radius 1 is 1.16 bits per heavy atom. The van der Waals surface area contributed by atoms with Crippen molar-refractivity contribution in [2.24, 2.45) is 0 Å². The normalized spacial score (nSPS) is 10.6. The lowest BCUT2D eigenvalue weighted by atomic mass is 10.2. The molecule has 0 bridgehead atoms. The molecular formula is C24H28N4O3S. The minimum Gasteiger partial charge on any atom is -0.490 e. The third-order valence-electron chi connectivity index (χ3n) is 4.53. The summed E-state index contributed by atoms with van der Waals surface area (Å²) in [6, 6.07) is 15.6. The fourth-order valence-electron chi connectivity index (χ4n) is 2.97. The number of amides is 1. The predicted molar refractivity (Wildman–Crippen MR) is 126 cm³/mol. The average molecular weight is 453 g/mol. The van der Waals surface area contributed by atoms with Crippen LogP contribution in [0.15, 0.2) is 66.3 Å². The van der Waals surface area contributed by atoms with Crippen molar-refractivity contribution in [1.29, 1.82) is 0 Å². The SMILES string of the molecule is C=CCn1c(COc2ccc(C)cc2OCC)nnc1SCC(=O)NCc1ccccc1. The van der Waals surface area contributed by atoms with Crippen molar-refractivity contribution < 1.29 is 14.3 Å². The van der Waals surface area contributed by atoms with Crippen LogP contribution in [-0.4, -0.2) is 33.0 Å². The van der Waals surface area contributed by atoms with Gasteiger partial charge in [-0.3, -0.25) is 9.36 Å². The van der Waals surface area contributed by atoms with Gasteiger partial charge in [0.25, 0.3) is 0 Å². The maximum atomic E-state index is 12.3. The van der Waals surface area contributed by atoms with Crippen molar-refractivity contribution in [3.05, 3.63) is 78.1 Å². The van der Waals surface area contributed by atoms with Crippen LogP contribution in [0.3, 0.4) is 0 Å². The van der Waals surface area contributed by atoms with E-state index >= 15 is 0 Å². The minimum absolute atomic E-state index is 0.0641. The summed E-state index contributed by atoms with van der Waals surface area (Å²) in [7, 11) is 0. The van der Waals surface area contributed by atoms with Crippen LogP contribution in [-0.2, 0) is 24.5 Å². The van der Waals surface area contributed by atoms with Crippen LogP contribution in [0.5, 0.6) is 11.5 Å². The summed E-state index contributed by atoms with van der Waals surface area (Å²) in [6.07, 6.45) is 1.77. The first-order chi connectivity index (χ1) is 15.6. The quantitative estimate of drug-likeness (QED) is 0.328. The van der Waals surface area contributed by atoms with E-state index in [1.165, 1.54) is 11.8 Å². The fourth-order valence-corrected chi connectivity index (χ4v) is 3.76. The number of ether oxygens (including phenoxy) is 2. The molecule has 0 aliphatic carbocycles. The van der Waals surface area contributed by atoms with E-state index in [1.54, 1.807) is 6.08 Å². The van der Waals surface area contributed by atoms with E-state index in [-0.39, 0.29) is 18.3 Å². The third kappa shape index (κ3) is 6.62. The standard InChI is InChI=1S/C24H28N4O3S/c1-4-13-28-22(16-31-20-12-11-18(3)14-21(20)30-5-2)26-27-24(28)32-17-23(29)25-15-19-9-7-6-8-10-19/h4,6-12,14H,1,5,13,15-17H2,2-3H3,(H,25,29). The van der Waals surface area contributed by atoms with Crippen LogP contribution in [0, 0.1) is 6.92 Å². The number of aryl methyl sites for hydroxylation is 1. The van der Waals surface area contributed by atoms with Crippen molar-refractivity contribution in [3.63, 3.8) is 0 Å². The highest BCUT2D eigenvalue weighted by molar-refractivity contribution is 7.99. The van der Waals surface area contributed by atoms with Gasteiger partial charge in [0.15, 0.2) is 22.5 Å². The van der Waals surface area contributed by atoms with E-state index in [0.717, 1.165) is 11.1 Å². The van der Waals surface area contributed by atoms with E-state index in [1.807, 2.05) is 66.9 Å². The van der Waals surface area contributed by atoms with Gasteiger partial charge < -0.3 is 14.8 Å². The highest BCUT2D eigenvalue weighted by atomic mass is 32.2. The summed E-state index contributed by atoms with van der Waals surface area (Å²) in [5.41, 5.74) is 2.16. The number of nitrogens with one attached hydrogen (secondary N) is 1. The lowest BCUT2D eigenvalue weighted by Gasteiger charge is -2.13. The van der Waals surface area contributed by atoms with E-state index in [4.69, 9.17) is 9.47 Å². The molecule has 1 N–H and O–H groups in total. The first kappa shape index (κ1) is 23.4. The van der Waals surface area contributed by atoms with Crippen LogP contribution in [0.25, 0.3) is 0 Å². The Kier molecular flexibility index (Phi) is 8.74. The van der Waals surface area contributed by atoms with Crippen molar-refractivity contribution in [2.45, 2.75) is 38.7 Å². The van der Waals surface area contributed by atoms with E-state index < -0.39 is 0 Å². The second kappa shape index (κ2) is 12.0. The summed E-state index contributed by atoms with van der Waals surface area (Å²) < 4.78 is 13.5. The molecule has 0 saturated heterocycles. The molecule has 0 fully saturated rings. The number of nitrogens with zero attached hydrogens (tertiary/aromatic N) is 3. The fraction of sp³-hybridized carbons (Fsp3) is 0.292. The lowest BCUT2D eigenvalue weighted by Crippen LogP contribution is -2.24. The molecule has 0 saturated carbocycles. The number of allylic oxidation sites excluding steroid dienone is 1. The van der Waals surface area contributed by atoms with Crippen LogP contribution in [0.4, 0.5) is 0 Å². The van der Waals surface area contributed by atoms with Crippen LogP contribution < -0.4 is 14.8 Å². The monoisotopic (exact) mass is 452 g/mol. The van der Waals surface area contributed by atoms with E-state index in [0.29, 0.717) is 42.2 Å². The van der Waals surface area contributed by atoms with Gasteiger partial charge in [0.1, 0.15) is 6.61 Å². The zero-order valence-electron chi connectivity index (χ0n) is 18.4. The molecule has 0 aliphatic rings. The van der Waals surface area contributed by atoms with Gasteiger partial charge in [-0.2, -0.15) is 0 Å². The number of hydrogen-bond donors (Lipinski definition) is 1. The van der Waals surface area contributed by atoms with Gasteiger partial charge in [0.05, 0.1) is 12.4 Å². The molecule has 0 unspecified atom stereocenters. The second-order valence-corrected chi connectivity index (χ2v) is 7.96. The maximum Gasteiger partial charge on any atom is 0.230 e. The second-order valence-electron chi connectivity index (χ2n) is 7.02. The average Bonchev–Trinajstić information content (AvgIpc) is 3.18. The van der Waals surface area contributed by atoms with Crippen molar-refractivity contribution in [2.75, 3.05) is 12.4 Å². The van der Waals surface area contributed by atoms with Crippen LogP contribution in [0.2, 0.25) is 0 Å². The molecule has 1 aromatic heterocycles. The molecular weight excluding hydrogens is 424 g/mol. The Balaban J connectivity index is 1.60. The molecule has 3 rings (SSSR count). The van der Waals surface area contributed by atoms with Gasteiger partial charge in [-0.15, -0.1) is 16.8 Å². The molecule has 0 atom stereocenters. The number of benzene rings is 2. The largest absolute Gasteiger partial charge is 0.490 e. The summed E-state index contributed by atoms with van der Waals surface area (Å²) in [5, 5.41) is 12.1. The molecule has 8 heteroatoms. The molecule has 168 valence electrons. The summed E-state index contributed by atoms with van der Waals surface area (Å²) in [6.45, 7) is 9.56. The number of carbonyl (C=O) groups is 1. The maximum absolute atomic E-state index is 12.3. The molecule has 0 radical (unpaired) electrons. The number of aromatic nitrogens is 3. The van der Waals surface area contributed by atoms with Gasteiger partial charge in [0.2, 0.25) is 5.91 Å². The van der Waals surface area contributed by atoms with E-state index in [2.05, 4.69) is 22.1 Å². The highest BCUT2D eigenvalue weighted by Gasteiger charge is 2.15. The molecule has 0 spiro atoms. The predicted octanol–water partition coefficient (Wildman–Crippen LogP) is 4.16.